The first kappa shape index (κ1) is 19.7. The lowest BCUT2D eigenvalue weighted by atomic mass is 9.81. The highest BCUT2D eigenvalue weighted by Crippen LogP contribution is 2.39. The molecule has 3 heterocycles. The van der Waals surface area contributed by atoms with Crippen LogP contribution in [-0.4, -0.2) is 32.0 Å². The van der Waals surface area contributed by atoms with Crippen molar-refractivity contribution < 1.29 is 8.78 Å². The molecular weight excluding hydrogens is 372 g/mol. The lowest BCUT2D eigenvalue weighted by molar-refractivity contribution is 0.130. The lowest BCUT2D eigenvalue weighted by Gasteiger charge is -2.25. The highest BCUT2D eigenvalue weighted by atomic mass is 19.3. The number of pyridine rings is 1. The molecule has 0 saturated heterocycles. The van der Waals surface area contributed by atoms with Gasteiger partial charge in [-0.05, 0) is 56.4 Å². The van der Waals surface area contributed by atoms with Crippen LogP contribution in [0.5, 0.6) is 0 Å². The standard InChI is InChI=1S/C22H27F2N5/c1-13-4-6-16(7-5-13)19-11-18(17-8-9-25-14(2)10-17)20-12-26-22(28-29(19)20)27-15(3)21(23)24/h8-13,15-16,21H,4-7H2,1-3H3,(H,27,28)/t13?,15-,16?/m0/s1. The third-order valence-corrected chi connectivity index (χ3v) is 5.92. The number of halogens is 2. The van der Waals surface area contributed by atoms with E-state index in [1.54, 1.807) is 12.4 Å². The van der Waals surface area contributed by atoms with Gasteiger partial charge in [0.05, 0.1) is 17.8 Å². The minimum Gasteiger partial charge on any atom is -0.345 e. The van der Waals surface area contributed by atoms with Gasteiger partial charge in [-0.1, -0.05) is 19.8 Å². The van der Waals surface area contributed by atoms with E-state index in [-0.39, 0.29) is 5.95 Å². The minimum absolute atomic E-state index is 0.226. The predicted octanol–water partition coefficient (Wildman–Crippen LogP) is 5.46. The average molecular weight is 399 g/mol. The Morgan fingerprint density at radius 1 is 1.14 bits per heavy atom. The first-order valence-corrected chi connectivity index (χ1v) is 10.3. The zero-order chi connectivity index (χ0) is 20.5. The number of anilines is 1. The monoisotopic (exact) mass is 399 g/mol. The van der Waals surface area contributed by atoms with Gasteiger partial charge in [0.15, 0.2) is 0 Å². The van der Waals surface area contributed by atoms with Gasteiger partial charge in [0.1, 0.15) is 0 Å². The van der Waals surface area contributed by atoms with Crippen molar-refractivity contribution in [3.63, 3.8) is 0 Å². The van der Waals surface area contributed by atoms with Gasteiger partial charge >= 0.3 is 0 Å². The van der Waals surface area contributed by atoms with Crippen LogP contribution in [0.4, 0.5) is 14.7 Å². The van der Waals surface area contributed by atoms with Gasteiger partial charge in [-0.25, -0.2) is 18.3 Å². The smallest absolute Gasteiger partial charge is 0.258 e. The minimum atomic E-state index is -2.48. The molecule has 0 amide bonds. The second-order valence-electron chi connectivity index (χ2n) is 8.27. The normalized spacial score (nSPS) is 20.9. The molecule has 1 aliphatic carbocycles. The number of aromatic nitrogens is 4. The van der Waals surface area contributed by atoms with Crippen LogP contribution in [0, 0.1) is 12.8 Å². The molecule has 0 spiro atoms. The summed E-state index contributed by atoms with van der Waals surface area (Å²) in [5.41, 5.74) is 5.08. The van der Waals surface area contributed by atoms with E-state index in [1.807, 2.05) is 23.6 Å². The van der Waals surface area contributed by atoms with E-state index in [4.69, 9.17) is 0 Å². The second kappa shape index (κ2) is 8.05. The Morgan fingerprint density at radius 2 is 1.90 bits per heavy atom. The number of aryl methyl sites for hydroxylation is 1. The molecule has 0 aliphatic heterocycles. The topological polar surface area (TPSA) is 55.1 Å². The molecule has 5 nitrogen and oxygen atoms in total. The molecule has 1 fully saturated rings. The van der Waals surface area contributed by atoms with E-state index < -0.39 is 12.5 Å². The predicted molar refractivity (Wildman–Crippen MR) is 110 cm³/mol. The van der Waals surface area contributed by atoms with E-state index in [0.29, 0.717) is 5.92 Å². The van der Waals surface area contributed by atoms with Crippen LogP contribution in [0.1, 0.15) is 56.8 Å². The quantitative estimate of drug-likeness (QED) is 0.619. The Hall–Kier alpha value is -2.57. The Labute approximate surface area is 169 Å². The van der Waals surface area contributed by atoms with E-state index in [1.165, 1.54) is 19.8 Å². The van der Waals surface area contributed by atoms with Crippen molar-refractivity contribution in [1.29, 1.82) is 0 Å². The SMILES string of the molecule is Cc1cc(-c2cc(C3CCC(C)CC3)n3nc(N[C@@H](C)C(F)F)ncc23)ccn1. The van der Waals surface area contributed by atoms with Crippen LogP contribution >= 0.6 is 0 Å². The largest absolute Gasteiger partial charge is 0.345 e. The van der Waals surface area contributed by atoms with Crippen LogP contribution in [-0.2, 0) is 0 Å². The van der Waals surface area contributed by atoms with Crippen molar-refractivity contribution in [3.8, 4) is 11.1 Å². The Kier molecular flexibility index (Phi) is 5.48. The summed E-state index contributed by atoms with van der Waals surface area (Å²) in [4.78, 5) is 8.61. The van der Waals surface area contributed by atoms with Crippen LogP contribution in [0.25, 0.3) is 16.6 Å². The number of nitrogens with zero attached hydrogens (tertiary/aromatic N) is 4. The molecule has 0 radical (unpaired) electrons. The fraction of sp³-hybridized carbons (Fsp3) is 0.500. The fourth-order valence-electron chi connectivity index (χ4n) is 4.14. The van der Waals surface area contributed by atoms with Crippen molar-refractivity contribution in [2.24, 2.45) is 5.92 Å². The third kappa shape index (κ3) is 4.09. The van der Waals surface area contributed by atoms with E-state index in [2.05, 4.69) is 33.4 Å². The highest BCUT2D eigenvalue weighted by Gasteiger charge is 2.25. The van der Waals surface area contributed by atoms with E-state index >= 15 is 0 Å². The van der Waals surface area contributed by atoms with Gasteiger partial charge in [0.2, 0.25) is 5.95 Å². The molecule has 4 rings (SSSR count). The molecule has 1 saturated carbocycles. The maximum atomic E-state index is 13.0. The van der Waals surface area contributed by atoms with Crippen LogP contribution in [0.15, 0.2) is 30.6 Å². The van der Waals surface area contributed by atoms with E-state index in [0.717, 1.165) is 46.8 Å². The number of fused-ring (bicyclic) bond motifs is 1. The molecule has 3 aromatic heterocycles. The van der Waals surface area contributed by atoms with Crippen LogP contribution in [0.3, 0.4) is 0 Å². The zero-order valence-corrected chi connectivity index (χ0v) is 17.1. The van der Waals surface area contributed by atoms with Gasteiger partial charge < -0.3 is 5.32 Å². The van der Waals surface area contributed by atoms with Crippen molar-refractivity contribution in [2.75, 3.05) is 5.32 Å². The summed E-state index contributed by atoms with van der Waals surface area (Å²) in [6, 6.07) is 5.22. The second-order valence-corrected chi connectivity index (χ2v) is 8.27. The maximum Gasteiger partial charge on any atom is 0.258 e. The summed E-state index contributed by atoms with van der Waals surface area (Å²) in [6.07, 6.45) is 5.67. The molecule has 3 aromatic rings. The number of rotatable bonds is 5. The third-order valence-electron chi connectivity index (χ3n) is 5.92. The van der Waals surface area contributed by atoms with Crippen molar-refractivity contribution >= 4 is 11.5 Å². The van der Waals surface area contributed by atoms with Gasteiger partial charge in [-0.2, -0.15) is 0 Å². The summed E-state index contributed by atoms with van der Waals surface area (Å²) in [5, 5.41) is 7.33. The summed E-state index contributed by atoms with van der Waals surface area (Å²) in [5.74, 6) is 1.38. The molecule has 7 heteroatoms. The van der Waals surface area contributed by atoms with Gasteiger partial charge in [-0.15, -0.1) is 5.10 Å². The summed E-state index contributed by atoms with van der Waals surface area (Å²) < 4.78 is 27.8. The summed E-state index contributed by atoms with van der Waals surface area (Å²) >= 11 is 0. The summed E-state index contributed by atoms with van der Waals surface area (Å²) in [7, 11) is 0. The summed E-state index contributed by atoms with van der Waals surface area (Å²) in [6.45, 7) is 5.70. The average Bonchev–Trinajstić information content (AvgIpc) is 3.07. The molecular formula is C22H27F2N5. The number of alkyl halides is 2. The van der Waals surface area contributed by atoms with Gasteiger partial charge in [0, 0.05) is 29.1 Å². The zero-order valence-electron chi connectivity index (χ0n) is 17.1. The number of hydrogen-bond acceptors (Lipinski definition) is 4. The number of nitrogens with one attached hydrogen (secondary N) is 1. The maximum absolute atomic E-state index is 13.0. The molecule has 0 unspecified atom stereocenters. The Morgan fingerprint density at radius 3 is 2.59 bits per heavy atom. The lowest BCUT2D eigenvalue weighted by Crippen LogP contribution is -2.25. The molecule has 1 aliphatic rings. The highest BCUT2D eigenvalue weighted by molar-refractivity contribution is 5.81. The van der Waals surface area contributed by atoms with Crippen LogP contribution in [0.2, 0.25) is 0 Å². The first-order valence-electron chi connectivity index (χ1n) is 10.3. The molecule has 1 atom stereocenters. The van der Waals surface area contributed by atoms with Crippen molar-refractivity contribution in [3.05, 3.63) is 42.0 Å². The molecule has 154 valence electrons. The molecule has 1 N–H and O–H groups in total. The van der Waals surface area contributed by atoms with Crippen molar-refractivity contribution in [2.45, 2.75) is 64.8 Å². The van der Waals surface area contributed by atoms with Gasteiger partial charge in [-0.3, -0.25) is 4.98 Å². The molecule has 29 heavy (non-hydrogen) atoms. The molecule has 0 aromatic carbocycles. The van der Waals surface area contributed by atoms with Gasteiger partial charge in [0.25, 0.3) is 6.43 Å². The Bertz CT molecular complexity index is 992. The van der Waals surface area contributed by atoms with E-state index in [9.17, 15) is 8.78 Å². The Balaban J connectivity index is 1.80. The van der Waals surface area contributed by atoms with Crippen LogP contribution < -0.4 is 5.32 Å². The fourth-order valence-corrected chi connectivity index (χ4v) is 4.14. The molecule has 0 bridgehead atoms. The first-order chi connectivity index (χ1) is 13.9. The van der Waals surface area contributed by atoms with Crippen molar-refractivity contribution in [1.82, 2.24) is 19.6 Å². The number of hydrogen-bond donors (Lipinski definition) is 1.